The first-order chi connectivity index (χ1) is 11.1. The van der Waals surface area contributed by atoms with Crippen molar-refractivity contribution in [1.82, 2.24) is 9.47 Å². The van der Waals surface area contributed by atoms with Gasteiger partial charge in [-0.05, 0) is 25.5 Å². The first-order valence-corrected chi connectivity index (χ1v) is 7.58. The minimum Gasteiger partial charge on any atom is -0.465 e. The molecule has 1 amide bonds. The van der Waals surface area contributed by atoms with Crippen LogP contribution in [0.25, 0.3) is 11.1 Å². The summed E-state index contributed by atoms with van der Waals surface area (Å²) in [6.07, 6.45) is 0.701. The zero-order valence-electron chi connectivity index (χ0n) is 13.3. The van der Waals surface area contributed by atoms with Gasteiger partial charge >= 0.3 is 11.7 Å². The van der Waals surface area contributed by atoms with Gasteiger partial charge in [-0.15, -0.1) is 0 Å². The maximum absolute atomic E-state index is 12.5. The van der Waals surface area contributed by atoms with Crippen LogP contribution in [0.5, 0.6) is 0 Å². The molecular formula is C16H20N2O5. The molecule has 124 valence electrons. The second-order valence-electron chi connectivity index (χ2n) is 5.04. The van der Waals surface area contributed by atoms with Crippen LogP contribution < -0.4 is 5.76 Å². The van der Waals surface area contributed by atoms with E-state index in [0.29, 0.717) is 24.1 Å². The van der Waals surface area contributed by atoms with Crippen molar-refractivity contribution in [3.05, 3.63) is 34.8 Å². The third-order valence-corrected chi connectivity index (χ3v) is 3.34. The maximum atomic E-state index is 12.5. The topological polar surface area (TPSA) is 81.8 Å². The van der Waals surface area contributed by atoms with Crippen molar-refractivity contribution in [3.8, 4) is 0 Å². The Labute approximate surface area is 133 Å². The van der Waals surface area contributed by atoms with Crippen molar-refractivity contribution in [2.75, 3.05) is 19.7 Å². The molecule has 0 N–H and O–H groups in total. The highest BCUT2D eigenvalue weighted by Crippen LogP contribution is 2.12. The van der Waals surface area contributed by atoms with Gasteiger partial charge < -0.3 is 14.1 Å². The molecule has 0 aliphatic heterocycles. The first-order valence-electron chi connectivity index (χ1n) is 7.58. The van der Waals surface area contributed by atoms with Gasteiger partial charge in [0.1, 0.15) is 13.1 Å². The molecule has 2 rings (SSSR count). The Hall–Kier alpha value is -2.57. The minimum atomic E-state index is -0.591. The number of carbonyl (C=O) groups excluding carboxylic acids is 2. The molecule has 0 fully saturated rings. The third kappa shape index (κ3) is 4.00. The molecule has 0 unspecified atom stereocenters. The summed E-state index contributed by atoms with van der Waals surface area (Å²) in [7, 11) is 0. The quantitative estimate of drug-likeness (QED) is 0.720. The molecule has 0 radical (unpaired) electrons. The van der Waals surface area contributed by atoms with E-state index in [1.165, 1.54) is 9.47 Å². The zero-order chi connectivity index (χ0) is 16.8. The van der Waals surface area contributed by atoms with Gasteiger partial charge in [0.2, 0.25) is 5.91 Å². The highest BCUT2D eigenvalue weighted by molar-refractivity contribution is 5.83. The summed E-state index contributed by atoms with van der Waals surface area (Å²) >= 11 is 0. The average Bonchev–Trinajstić information content (AvgIpc) is 2.83. The fourth-order valence-corrected chi connectivity index (χ4v) is 2.32. The van der Waals surface area contributed by atoms with Crippen molar-refractivity contribution in [3.63, 3.8) is 0 Å². The molecule has 0 aliphatic carbocycles. The lowest BCUT2D eigenvalue weighted by molar-refractivity contribution is -0.149. The van der Waals surface area contributed by atoms with E-state index < -0.39 is 11.7 Å². The average molecular weight is 320 g/mol. The number of fused-ring (bicyclic) bond motifs is 1. The van der Waals surface area contributed by atoms with Crippen LogP contribution >= 0.6 is 0 Å². The minimum absolute atomic E-state index is 0.120. The van der Waals surface area contributed by atoms with Crippen molar-refractivity contribution < 1.29 is 18.7 Å². The molecule has 7 nitrogen and oxygen atoms in total. The molecule has 0 aliphatic rings. The van der Waals surface area contributed by atoms with Crippen LogP contribution in [0, 0.1) is 0 Å². The molecule has 0 spiro atoms. The van der Waals surface area contributed by atoms with Crippen LogP contribution in [0.15, 0.2) is 33.5 Å². The number of para-hydroxylation sites is 2. The van der Waals surface area contributed by atoms with E-state index in [1.54, 1.807) is 31.2 Å². The van der Waals surface area contributed by atoms with E-state index in [2.05, 4.69) is 0 Å². The van der Waals surface area contributed by atoms with Gasteiger partial charge in [0, 0.05) is 6.54 Å². The van der Waals surface area contributed by atoms with Gasteiger partial charge in [0.25, 0.3) is 0 Å². The van der Waals surface area contributed by atoms with E-state index in [1.807, 2.05) is 6.92 Å². The summed E-state index contributed by atoms with van der Waals surface area (Å²) in [5.74, 6) is -1.38. The number of hydrogen-bond acceptors (Lipinski definition) is 5. The van der Waals surface area contributed by atoms with Gasteiger partial charge in [0.15, 0.2) is 5.58 Å². The number of amides is 1. The van der Waals surface area contributed by atoms with Crippen LogP contribution in [0.2, 0.25) is 0 Å². The van der Waals surface area contributed by atoms with Crippen molar-refractivity contribution >= 4 is 23.0 Å². The molecule has 1 aromatic heterocycles. The highest BCUT2D eigenvalue weighted by Gasteiger charge is 2.20. The van der Waals surface area contributed by atoms with Crippen molar-refractivity contribution in [2.45, 2.75) is 26.8 Å². The molecule has 0 bridgehead atoms. The molecule has 2 aromatic rings. The summed E-state index contributed by atoms with van der Waals surface area (Å²) in [5.41, 5.74) is 0.983. The van der Waals surface area contributed by atoms with E-state index in [-0.39, 0.29) is 25.6 Å². The van der Waals surface area contributed by atoms with Crippen LogP contribution in [-0.2, 0) is 20.9 Å². The highest BCUT2D eigenvalue weighted by atomic mass is 16.5. The molecule has 1 heterocycles. The standard InChI is InChI=1S/C16H20N2O5/c1-3-9-17(11-15(20)22-4-2)14(19)10-18-12-7-5-6-8-13(12)23-16(18)21/h5-8H,3-4,9-11H2,1-2H3. The lowest BCUT2D eigenvalue weighted by atomic mass is 10.3. The van der Waals surface area contributed by atoms with Crippen LogP contribution in [0.3, 0.4) is 0 Å². The fraction of sp³-hybridized carbons (Fsp3) is 0.438. The predicted octanol–water partition coefficient (Wildman–Crippen LogP) is 1.40. The normalized spacial score (nSPS) is 10.7. The summed E-state index contributed by atoms with van der Waals surface area (Å²) in [5, 5.41) is 0. The summed E-state index contributed by atoms with van der Waals surface area (Å²) in [6, 6.07) is 6.89. The number of rotatable bonds is 7. The number of oxazole rings is 1. The number of hydrogen-bond donors (Lipinski definition) is 0. The van der Waals surface area contributed by atoms with Crippen LogP contribution in [0.1, 0.15) is 20.3 Å². The van der Waals surface area contributed by atoms with Crippen molar-refractivity contribution in [2.24, 2.45) is 0 Å². The maximum Gasteiger partial charge on any atom is 0.420 e. The Morgan fingerprint density at radius 3 is 2.70 bits per heavy atom. The number of esters is 1. The molecule has 23 heavy (non-hydrogen) atoms. The summed E-state index contributed by atoms with van der Waals surface area (Å²) in [6.45, 7) is 4.01. The lowest BCUT2D eigenvalue weighted by Gasteiger charge is -2.21. The first kappa shape index (κ1) is 16.8. The summed E-state index contributed by atoms with van der Waals surface area (Å²) in [4.78, 5) is 37.4. The second-order valence-corrected chi connectivity index (χ2v) is 5.04. The van der Waals surface area contributed by atoms with Gasteiger partial charge in [-0.25, -0.2) is 4.79 Å². The molecule has 1 aromatic carbocycles. The SMILES string of the molecule is CCCN(CC(=O)OCC)C(=O)Cn1c(=O)oc2ccccc21. The Bertz CT molecular complexity index is 746. The Morgan fingerprint density at radius 2 is 2.00 bits per heavy atom. The fourth-order valence-electron chi connectivity index (χ4n) is 2.32. The van der Waals surface area contributed by atoms with Gasteiger partial charge in [-0.2, -0.15) is 0 Å². The Balaban J connectivity index is 2.18. The van der Waals surface area contributed by atoms with Gasteiger partial charge in [0.05, 0.1) is 12.1 Å². The van der Waals surface area contributed by atoms with Crippen molar-refractivity contribution in [1.29, 1.82) is 0 Å². The smallest absolute Gasteiger partial charge is 0.420 e. The van der Waals surface area contributed by atoms with E-state index >= 15 is 0 Å². The third-order valence-electron chi connectivity index (χ3n) is 3.34. The number of ether oxygens (including phenoxy) is 1. The van der Waals surface area contributed by atoms with E-state index in [4.69, 9.17) is 9.15 Å². The monoisotopic (exact) mass is 320 g/mol. The molecule has 7 heteroatoms. The summed E-state index contributed by atoms with van der Waals surface area (Å²) < 4.78 is 11.3. The number of aromatic nitrogens is 1. The molecular weight excluding hydrogens is 300 g/mol. The number of benzene rings is 1. The molecule has 0 atom stereocenters. The number of nitrogens with zero attached hydrogens (tertiary/aromatic N) is 2. The molecule has 0 saturated heterocycles. The Kier molecular flexibility index (Phi) is 5.56. The van der Waals surface area contributed by atoms with Crippen LogP contribution in [0.4, 0.5) is 0 Å². The van der Waals surface area contributed by atoms with E-state index in [9.17, 15) is 14.4 Å². The predicted molar refractivity (Wildman–Crippen MR) is 84.0 cm³/mol. The molecule has 0 saturated carbocycles. The van der Waals surface area contributed by atoms with Gasteiger partial charge in [-0.3, -0.25) is 14.2 Å². The second kappa shape index (κ2) is 7.62. The van der Waals surface area contributed by atoms with Crippen LogP contribution in [-0.4, -0.2) is 41.0 Å². The Morgan fingerprint density at radius 1 is 1.26 bits per heavy atom. The largest absolute Gasteiger partial charge is 0.465 e. The van der Waals surface area contributed by atoms with E-state index in [0.717, 1.165) is 0 Å². The lowest BCUT2D eigenvalue weighted by Crippen LogP contribution is -2.40. The zero-order valence-corrected chi connectivity index (χ0v) is 13.3. The number of carbonyl (C=O) groups is 2. The van der Waals surface area contributed by atoms with Gasteiger partial charge in [-0.1, -0.05) is 19.1 Å².